The second-order valence-electron chi connectivity index (χ2n) is 6.20. The third-order valence-corrected chi connectivity index (χ3v) is 4.71. The predicted octanol–water partition coefficient (Wildman–Crippen LogP) is 5.42. The number of benzene rings is 2. The van der Waals surface area contributed by atoms with E-state index in [1.807, 2.05) is 0 Å². The van der Waals surface area contributed by atoms with Crippen molar-refractivity contribution in [2.75, 3.05) is 7.11 Å². The first-order valence-corrected chi connectivity index (χ1v) is 9.15. The molecule has 0 N–H and O–H groups in total. The molecule has 0 spiro atoms. The Labute approximate surface area is 183 Å². The van der Waals surface area contributed by atoms with Crippen molar-refractivity contribution in [3.8, 4) is 11.5 Å². The maximum absolute atomic E-state index is 12.8. The van der Waals surface area contributed by atoms with Crippen LogP contribution in [-0.2, 0) is 15.7 Å². The molecule has 0 heterocycles. The molecule has 0 aromatic heterocycles. The second-order valence-corrected chi connectivity index (χ2v) is 7.11. The Morgan fingerprint density at radius 1 is 1.29 bits per heavy atom. The Kier molecular flexibility index (Phi) is 7.63. The van der Waals surface area contributed by atoms with Gasteiger partial charge in [0.05, 0.1) is 15.5 Å². The second kappa shape index (κ2) is 9.62. The maximum Gasteiger partial charge on any atom is 0.416 e. The molecular weight excluding hydrogens is 465 g/mol. The largest absolute Gasteiger partial charge is 0.456 e. The summed E-state index contributed by atoms with van der Waals surface area (Å²) in [6.07, 6.45) is -5.45. The molecule has 0 amide bonds. The van der Waals surface area contributed by atoms with E-state index in [2.05, 4.69) is 17.8 Å². The number of nitroso groups, excluding NO2 is 1. The molecule has 0 aliphatic heterocycles. The molecule has 0 bridgehead atoms. The minimum absolute atomic E-state index is 0.00152. The van der Waals surface area contributed by atoms with Gasteiger partial charge in [-0.25, -0.2) is 0 Å². The number of methoxy groups -OCH3 is 1. The number of nitrogens with zero attached hydrogens (tertiary/aromatic N) is 2. The van der Waals surface area contributed by atoms with E-state index in [1.165, 1.54) is 24.3 Å². The van der Waals surface area contributed by atoms with Gasteiger partial charge in [0, 0.05) is 7.11 Å². The lowest BCUT2D eigenvalue weighted by Gasteiger charge is -2.26. The third-order valence-electron chi connectivity index (χ3n) is 4.26. The van der Waals surface area contributed by atoms with Crippen LogP contribution in [0, 0.1) is 15.0 Å². The van der Waals surface area contributed by atoms with E-state index < -0.39 is 40.0 Å². The van der Waals surface area contributed by atoms with Gasteiger partial charge in [0.15, 0.2) is 5.12 Å². The van der Waals surface area contributed by atoms with Crippen LogP contribution in [0.1, 0.15) is 23.6 Å². The summed E-state index contributed by atoms with van der Waals surface area (Å²) in [5.41, 5.74) is -3.54. The number of rotatable bonds is 9. The van der Waals surface area contributed by atoms with E-state index in [9.17, 15) is 33.0 Å². The zero-order valence-electron chi connectivity index (χ0n) is 15.6. The van der Waals surface area contributed by atoms with Crippen molar-refractivity contribution in [1.29, 1.82) is 0 Å². The summed E-state index contributed by atoms with van der Waals surface area (Å²) in [5, 5.41) is 13.2. The summed E-state index contributed by atoms with van der Waals surface area (Å²) in [6.45, 7) is 0. The lowest BCUT2D eigenvalue weighted by Crippen LogP contribution is -2.46. The van der Waals surface area contributed by atoms with Crippen LogP contribution in [0.4, 0.5) is 13.2 Å². The van der Waals surface area contributed by atoms with Crippen LogP contribution in [0.3, 0.4) is 0 Å². The molecule has 13 heteroatoms. The molecule has 2 atom stereocenters. The minimum atomic E-state index is -4.60. The smallest absolute Gasteiger partial charge is 0.416 e. The van der Waals surface area contributed by atoms with Crippen molar-refractivity contribution in [1.82, 2.24) is 0 Å². The molecule has 0 aliphatic rings. The Hall–Kier alpha value is -2.70. The monoisotopic (exact) mass is 478 g/mol. The van der Waals surface area contributed by atoms with E-state index in [4.69, 9.17) is 21.1 Å². The Balaban J connectivity index is 2.43. The highest BCUT2D eigenvalue weighted by Gasteiger charge is 2.55. The van der Waals surface area contributed by atoms with Gasteiger partial charge in [-0.2, -0.15) is 13.2 Å². The van der Waals surface area contributed by atoms with Gasteiger partial charge < -0.3 is 9.47 Å². The number of hydrogen-bond acceptors (Lipinski definition) is 7. The first kappa shape index (κ1) is 24.6. The number of alkyl halides is 3. The number of nitro groups is 1. The van der Waals surface area contributed by atoms with Gasteiger partial charge in [-0.1, -0.05) is 28.9 Å². The summed E-state index contributed by atoms with van der Waals surface area (Å²) in [7, 11) is 0.944. The summed E-state index contributed by atoms with van der Waals surface area (Å²) in [6, 6.07) is 5.93. The first-order valence-electron chi connectivity index (χ1n) is 8.33. The van der Waals surface area contributed by atoms with Crippen molar-refractivity contribution in [3.63, 3.8) is 0 Å². The van der Waals surface area contributed by atoms with Crippen LogP contribution < -0.4 is 4.74 Å². The molecule has 2 unspecified atom stereocenters. The third kappa shape index (κ3) is 5.51. The molecule has 0 saturated carbocycles. The summed E-state index contributed by atoms with van der Waals surface area (Å²) in [4.78, 5) is 33.6. The lowest BCUT2D eigenvalue weighted by molar-refractivity contribution is -0.631. The van der Waals surface area contributed by atoms with Gasteiger partial charge in [0.1, 0.15) is 17.9 Å². The van der Waals surface area contributed by atoms with Gasteiger partial charge >= 0.3 is 11.9 Å². The van der Waals surface area contributed by atoms with Crippen LogP contribution in [0.25, 0.3) is 0 Å². The van der Waals surface area contributed by atoms with E-state index in [0.29, 0.717) is 6.07 Å². The van der Waals surface area contributed by atoms with Crippen LogP contribution in [0.15, 0.2) is 47.6 Å². The van der Waals surface area contributed by atoms with Crippen molar-refractivity contribution in [2.24, 2.45) is 5.18 Å². The number of carbonyl (C=O) groups excluding carboxylic acids is 1. The highest BCUT2D eigenvalue weighted by Crippen LogP contribution is 2.40. The Bertz CT molecular complexity index is 1010. The highest BCUT2D eigenvalue weighted by atomic mass is 35.5. The quantitative estimate of drug-likeness (QED) is 0.169. The number of halogens is 4. The van der Waals surface area contributed by atoms with Gasteiger partial charge in [0.2, 0.25) is 6.04 Å². The standard InChI is InChI=1S/C18H14ClF3N2O6S/c1-29-17(24(27)28,9-15(25)31)16(23-26)10-3-2-4-12(7-10)30-14-6-5-11(8-13(14)19)18(20,21)22/h2-8,16H,9H2,1H3,(H,25,31). The molecule has 0 saturated heterocycles. The number of ether oxygens (including phenoxy) is 2. The molecule has 0 aliphatic carbocycles. The van der Waals surface area contributed by atoms with Gasteiger partial charge in [0.25, 0.3) is 0 Å². The van der Waals surface area contributed by atoms with Crippen LogP contribution >= 0.6 is 24.2 Å². The Morgan fingerprint density at radius 3 is 2.45 bits per heavy atom. The molecule has 0 radical (unpaired) electrons. The van der Waals surface area contributed by atoms with Gasteiger partial charge in [-0.3, -0.25) is 14.9 Å². The predicted molar refractivity (Wildman–Crippen MR) is 107 cm³/mol. The zero-order valence-corrected chi connectivity index (χ0v) is 17.3. The highest BCUT2D eigenvalue weighted by molar-refractivity contribution is 7.96. The van der Waals surface area contributed by atoms with E-state index >= 15 is 0 Å². The number of thiol groups is 1. The SMILES string of the molecule is COC(CC(=O)S)(C(N=O)c1cccc(Oc2ccc(C(F)(F)F)cc2Cl)c1)[N+](=O)[O-]. The summed E-state index contributed by atoms with van der Waals surface area (Å²) < 4.78 is 48.7. The zero-order chi connectivity index (χ0) is 23.4. The Morgan fingerprint density at radius 2 is 1.97 bits per heavy atom. The molecular formula is C18H14ClF3N2O6S. The fourth-order valence-corrected chi connectivity index (χ4v) is 3.22. The van der Waals surface area contributed by atoms with Crippen molar-refractivity contribution >= 4 is 29.3 Å². The molecule has 31 heavy (non-hydrogen) atoms. The average molecular weight is 479 g/mol. The van der Waals surface area contributed by atoms with Gasteiger partial charge in [-0.05, 0) is 35.9 Å². The molecule has 2 rings (SSSR count). The maximum atomic E-state index is 12.8. The fraction of sp³-hybridized carbons (Fsp3) is 0.278. The van der Waals surface area contributed by atoms with Crippen molar-refractivity contribution in [2.45, 2.75) is 24.4 Å². The molecule has 2 aromatic carbocycles. The summed E-state index contributed by atoms with van der Waals surface area (Å²) >= 11 is 9.39. The molecule has 166 valence electrons. The number of carbonyl (C=O) groups is 1. The van der Waals surface area contributed by atoms with E-state index in [0.717, 1.165) is 19.2 Å². The normalized spacial score (nSPS) is 14.4. The van der Waals surface area contributed by atoms with E-state index in [1.54, 1.807) is 0 Å². The average Bonchev–Trinajstić information content (AvgIpc) is 2.68. The molecule has 0 fully saturated rings. The molecule has 2 aromatic rings. The first-order chi connectivity index (χ1) is 14.4. The topological polar surface area (TPSA) is 108 Å². The van der Waals surface area contributed by atoms with Crippen molar-refractivity contribution in [3.05, 3.63) is 73.6 Å². The fourth-order valence-electron chi connectivity index (χ4n) is 2.77. The van der Waals surface area contributed by atoms with E-state index in [-0.39, 0.29) is 22.1 Å². The summed E-state index contributed by atoms with van der Waals surface area (Å²) in [5.74, 6) is -0.126. The molecule has 8 nitrogen and oxygen atoms in total. The minimum Gasteiger partial charge on any atom is -0.456 e. The van der Waals surface area contributed by atoms with Crippen LogP contribution in [0.2, 0.25) is 5.02 Å². The van der Waals surface area contributed by atoms with Crippen molar-refractivity contribution < 1.29 is 32.4 Å². The lowest BCUT2D eigenvalue weighted by atomic mass is 9.94. The van der Waals surface area contributed by atoms with Crippen LogP contribution in [-0.4, -0.2) is 22.9 Å². The van der Waals surface area contributed by atoms with Crippen LogP contribution in [0.5, 0.6) is 11.5 Å². The number of hydrogen-bond donors (Lipinski definition) is 1. The van der Waals surface area contributed by atoms with Gasteiger partial charge in [-0.15, -0.1) is 17.5 Å².